The lowest BCUT2D eigenvalue weighted by atomic mass is 9.88. The Morgan fingerprint density at radius 1 is 1.17 bits per heavy atom. The number of hydrogen-bond acceptors (Lipinski definition) is 3. The molecule has 5 heteroatoms. The van der Waals surface area contributed by atoms with Crippen LogP contribution in [0.1, 0.15) is 55.8 Å². The van der Waals surface area contributed by atoms with Gasteiger partial charge in [-0.05, 0) is 76.0 Å². The minimum absolute atomic E-state index is 0.0194. The molecule has 0 unspecified atom stereocenters. The summed E-state index contributed by atoms with van der Waals surface area (Å²) in [4.78, 5) is 15.4. The van der Waals surface area contributed by atoms with Crippen LogP contribution in [0.25, 0.3) is 0 Å². The van der Waals surface area contributed by atoms with Crippen molar-refractivity contribution in [3.8, 4) is 5.75 Å². The maximum absolute atomic E-state index is 13.1. The van der Waals surface area contributed by atoms with Gasteiger partial charge in [-0.2, -0.15) is 0 Å². The predicted octanol–water partition coefficient (Wildman–Crippen LogP) is 4.76. The number of amides is 1. The van der Waals surface area contributed by atoms with Gasteiger partial charge in [-0.15, -0.1) is 0 Å². The summed E-state index contributed by atoms with van der Waals surface area (Å²) in [5, 5.41) is 3.31. The molecule has 160 valence electrons. The van der Waals surface area contributed by atoms with Crippen LogP contribution in [0, 0.1) is 18.7 Å². The zero-order chi connectivity index (χ0) is 21.3. The average Bonchev–Trinajstić information content (AvgIpc) is 2.69. The highest BCUT2D eigenvalue weighted by molar-refractivity contribution is 5.79. The van der Waals surface area contributed by atoms with Crippen molar-refractivity contribution in [3.05, 3.63) is 65.0 Å². The van der Waals surface area contributed by atoms with Gasteiger partial charge in [-0.3, -0.25) is 9.69 Å². The summed E-state index contributed by atoms with van der Waals surface area (Å²) < 4.78 is 19.2. The lowest BCUT2D eigenvalue weighted by Gasteiger charge is -2.39. The minimum Gasteiger partial charge on any atom is -0.487 e. The third kappa shape index (κ3) is 4.84. The highest BCUT2D eigenvalue weighted by Crippen LogP contribution is 2.40. The van der Waals surface area contributed by atoms with Gasteiger partial charge in [0, 0.05) is 24.4 Å². The van der Waals surface area contributed by atoms with E-state index in [0.29, 0.717) is 0 Å². The van der Waals surface area contributed by atoms with E-state index in [1.807, 2.05) is 12.1 Å². The molecule has 2 aromatic rings. The Labute approximate surface area is 178 Å². The molecule has 0 aliphatic carbocycles. The SMILES string of the molecule is Cc1ccc2c(c1)OC(C)(C)C[C@@H]2NC(=O)C1CCN(Cc2ccc(F)cc2)CC1. The van der Waals surface area contributed by atoms with Gasteiger partial charge < -0.3 is 10.1 Å². The fraction of sp³-hybridized carbons (Fsp3) is 0.480. The second-order valence-corrected chi connectivity index (χ2v) is 9.35. The van der Waals surface area contributed by atoms with Gasteiger partial charge in [0.2, 0.25) is 5.91 Å². The molecule has 4 rings (SSSR count). The van der Waals surface area contributed by atoms with E-state index in [1.54, 1.807) is 0 Å². The van der Waals surface area contributed by atoms with Gasteiger partial charge in [0.25, 0.3) is 0 Å². The minimum atomic E-state index is -0.308. The number of piperidine rings is 1. The second-order valence-electron chi connectivity index (χ2n) is 9.35. The van der Waals surface area contributed by atoms with E-state index in [0.717, 1.165) is 61.3 Å². The summed E-state index contributed by atoms with van der Waals surface area (Å²) in [7, 11) is 0. The maximum Gasteiger partial charge on any atom is 0.223 e. The second kappa shape index (κ2) is 8.38. The highest BCUT2D eigenvalue weighted by atomic mass is 19.1. The predicted molar refractivity (Wildman–Crippen MR) is 116 cm³/mol. The third-order valence-electron chi connectivity index (χ3n) is 6.22. The van der Waals surface area contributed by atoms with E-state index in [-0.39, 0.29) is 29.3 Å². The summed E-state index contributed by atoms with van der Waals surface area (Å²) in [5.41, 5.74) is 3.03. The quantitative estimate of drug-likeness (QED) is 0.790. The molecule has 0 aromatic heterocycles. The molecule has 0 radical (unpaired) electrons. The smallest absolute Gasteiger partial charge is 0.223 e. The van der Waals surface area contributed by atoms with E-state index in [4.69, 9.17) is 4.74 Å². The molecule has 1 atom stereocenters. The van der Waals surface area contributed by atoms with Crippen molar-refractivity contribution < 1.29 is 13.9 Å². The standard InChI is InChI=1S/C25H31FN2O2/c1-17-4-9-21-22(15-25(2,3)30-23(21)14-17)27-24(29)19-10-12-28(13-11-19)16-18-5-7-20(26)8-6-18/h4-9,14,19,22H,10-13,15-16H2,1-3H3,(H,27,29)/t22-/m0/s1. The summed E-state index contributed by atoms with van der Waals surface area (Å²) in [6, 6.07) is 12.9. The van der Waals surface area contributed by atoms with Crippen molar-refractivity contribution in [2.45, 2.75) is 58.2 Å². The molecule has 4 nitrogen and oxygen atoms in total. The number of carbonyl (C=O) groups is 1. The van der Waals surface area contributed by atoms with Crippen LogP contribution < -0.4 is 10.1 Å². The zero-order valence-corrected chi connectivity index (χ0v) is 18.1. The molecular weight excluding hydrogens is 379 g/mol. The number of carbonyl (C=O) groups excluding carboxylic acids is 1. The molecule has 1 amide bonds. The Morgan fingerprint density at radius 3 is 2.57 bits per heavy atom. The Hall–Kier alpha value is -2.40. The number of nitrogens with zero attached hydrogens (tertiary/aromatic N) is 1. The zero-order valence-electron chi connectivity index (χ0n) is 18.1. The van der Waals surface area contributed by atoms with Crippen molar-refractivity contribution in [1.29, 1.82) is 0 Å². The highest BCUT2D eigenvalue weighted by Gasteiger charge is 2.36. The van der Waals surface area contributed by atoms with Crippen LogP contribution in [-0.4, -0.2) is 29.5 Å². The van der Waals surface area contributed by atoms with Crippen LogP contribution >= 0.6 is 0 Å². The van der Waals surface area contributed by atoms with E-state index < -0.39 is 0 Å². The first kappa shape index (κ1) is 20.9. The fourth-order valence-electron chi connectivity index (χ4n) is 4.58. The Bertz CT molecular complexity index is 902. The Kier molecular flexibility index (Phi) is 5.83. The van der Waals surface area contributed by atoms with Gasteiger partial charge in [0.1, 0.15) is 17.2 Å². The number of hydrogen-bond donors (Lipinski definition) is 1. The first-order valence-electron chi connectivity index (χ1n) is 10.9. The number of likely N-dealkylation sites (tertiary alicyclic amines) is 1. The first-order chi connectivity index (χ1) is 14.3. The van der Waals surface area contributed by atoms with Gasteiger partial charge in [-0.25, -0.2) is 4.39 Å². The van der Waals surface area contributed by atoms with E-state index in [9.17, 15) is 9.18 Å². The summed E-state index contributed by atoms with van der Waals surface area (Å²) in [6.45, 7) is 8.76. The summed E-state index contributed by atoms with van der Waals surface area (Å²) >= 11 is 0. The first-order valence-corrected chi connectivity index (χ1v) is 10.9. The van der Waals surface area contributed by atoms with Crippen molar-refractivity contribution >= 4 is 5.91 Å². The van der Waals surface area contributed by atoms with E-state index in [2.05, 4.69) is 49.2 Å². The number of halogens is 1. The normalized spacial score (nSPS) is 21.5. The van der Waals surface area contributed by atoms with Crippen LogP contribution in [0.2, 0.25) is 0 Å². The number of nitrogens with one attached hydrogen (secondary N) is 1. The van der Waals surface area contributed by atoms with Crippen LogP contribution in [0.4, 0.5) is 4.39 Å². The van der Waals surface area contributed by atoms with Gasteiger partial charge in [0.05, 0.1) is 6.04 Å². The molecule has 2 aliphatic rings. The topological polar surface area (TPSA) is 41.6 Å². The molecule has 30 heavy (non-hydrogen) atoms. The van der Waals surface area contributed by atoms with E-state index in [1.165, 1.54) is 12.1 Å². The van der Waals surface area contributed by atoms with Crippen LogP contribution in [0.3, 0.4) is 0 Å². The van der Waals surface area contributed by atoms with Crippen LogP contribution in [0.5, 0.6) is 5.75 Å². The molecule has 2 aliphatic heterocycles. The number of ether oxygens (including phenoxy) is 1. The molecule has 1 saturated heterocycles. The molecule has 0 spiro atoms. The lowest BCUT2D eigenvalue weighted by molar-refractivity contribution is -0.127. The molecule has 0 saturated carbocycles. The summed E-state index contributed by atoms with van der Waals surface area (Å²) in [5.74, 6) is 0.854. The fourth-order valence-corrected chi connectivity index (χ4v) is 4.58. The molecule has 2 heterocycles. The number of rotatable bonds is 4. The maximum atomic E-state index is 13.1. The average molecular weight is 411 g/mol. The van der Waals surface area contributed by atoms with Gasteiger partial charge >= 0.3 is 0 Å². The number of benzene rings is 2. The van der Waals surface area contributed by atoms with Crippen LogP contribution in [-0.2, 0) is 11.3 Å². The van der Waals surface area contributed by atoms with Crippen molar-refractivity contribution in [3.63, 3.8) is 0 Å². The number of aryl methyl sites for hydroxylation is 1. The lowest BCUT2D eigenvalue weighted by Crippen LogP contribution is -2.45. The third-order valence-corrected chi connectivity index (χ3v) is 6.22. The molecule has 1 N–H and O–H groups in total. The van der Waals surface area contributed by atoms with Gasteiger partial charge in [-0.1, -0.05) is 24.3 Å². The van der Waals surface area contributed by atoms with Crippen LogP contribution in [0.15, 0.2) is 42.5 Å². The number of fused-ring (bicyclic) bond motifs is 1. The molecule has 2 aromatic carbocycles. The largest absolute Gasteiger partial charge is 0.487 e. The van der Waals surface area contributed by atoms with Crippen molar-refractivity contribution in [1.82, 2.24) is 10.2 Å². The summed E-state index contributed by atoms with van der Waals surface area (Å²) in [6.07, 6.45) is 2.46. The van der Waals surface area contributed by atoms with Crippen molar-refractivity contribution in [2.75, 3.05) is 13.1 Å². The Morgan fingerprint density at radius 2 is 1.87 bits per heavy atom. The monoisotopic (exact) mass is 410 g/mol. The van der Waals surface area contributed by atoms with Crippen molar-refractivity contribution in [2.24, 2.45) is 5.92 Å². The Balaban J connectivity index is 1.35. The molecule has 1 fully saturated rings. The molecular formula is C25H31FN2O2. The molecule has 0 bridgehead atoms. The van der Waals surface area contributed by atoms with E-state index >= 15 is 0 Å². The van der Waals surface area contributed by atoms with Gasteiger partial charge in [0.15, 0.2) is 0 Å².